The second kappa shape index (κ2) is 55.2. The molecule has 0 radical (unpaired) electrons. The fourth-order valence-electron chi connectivity index (χ4n) is 20.2. The standard InChI is InChI=1S/C30H54N2O7S.C27H30O2S.C18H14O3S2.C17H37NO3S.C13H9IO2.C5H11NO2.CH4/c1-19(7-10-27(36)31-13-6-14-32(4,5)18-40(37,38)39)22-8-9-23-28-24(17-26(35)30(22,23)3)29(2)12-11-21(33)15-20(29)16-25(28)34;1-26(2,3)19-11-15-21(16-12-19)30(24-10-8-7-9-23(24)25(28)29)22-17-13-20(14-18-22)27(4,5)6;19-23(20,21)18-14-8-7-13-17(18)22(15-9-3-1-4-10-15)16-11-5-2-6-12-16;1-4-5-6-7-8-9-10-11-12-13-15-18(2,3)16-14-17-22(19,20)21;15-13(16)11-8-4-5-9-12(11)14-10-6-2-1-3-7-10;1-6(2,3)4-5(7)8;/h19-26,28,33-35H,6-18H2,1-5H3,(H-,31,36,37,38,39);7-18H,1-6H3;1-14H;4-17H2,1-3H3;1-9H;4H2,1-3H3;1H4. The quantitative estimate of drug-likeness (QED) is 0.00918. The number of fused-ring (bicyclic) bond motifs is 5. The summed E-state index contributed by atoms with van der Waals surface area (Å²) in [6.45, 7) is 25.0. The van der Waals surface area contributed by atoms with E-state index in [-0.39, 0.29) is 98.1 Å². The van der Waals surface area contributed by atoms with E-state index in [0.29, 0.717) is 65.6 Å². The van der Waals surface area contributed by atoms with E-state index in [1.807, 2.05) is 115 Å². The molecule has 0 spiro atoms. The van der Waals surface area contributed by atoms with Gasteiger partial charge < -0.3 is 77.4 Å². The average molecular weight is 2140 g/mol. The number of hydrogen-bond donors (Lipinski definition) is 4. The number of carboxylic acid groups (broad SMARTS) is 3. The first-order valence-electron chi connectivity index (χ1n) is 49.0. The van der Waals surface area contributed by atoms with Gasteiger partial charge in [-0.2, -0.15) is 0 Å². The van der Waals surface area contributed by atoms with Gasteiger partial charge in [0.25, 0.3) is 0 Å². The van der Waals surface area contributed by atoms with Crippen molar-refractivity contribution in [2.24, 2.45) is 46.3 Å². The predicted octanol–water partition coefficient (Wildman–Crippen LogP) is 13.1. The number of aliphatic hydroxyl groups excluding tert-OH is 3. The number of aliphatic carboxylic acids is 1. The molecule has 29 heteroatoms. The summed E-state index contributed by atoms with van der Waals surface area (Å²) in [7, 11) is -1.06. The Hall–Kier alpha value is -7.44. The molecular formula is C111H159IN4O19S5. The van der Waals surface area contributed by atoms with Crippen molar-refractivity contribution >= 4 is 76.0 Å². The molecule has 4 aliphatic rings. The second-order valence-corrected chi connectivity index (χ2v) is 53.9. The Labute approximate surface area is 854 Å². The number of halogens is 1. The van der Waals surface area contributed by atoms with Crippen LogP contribution in [0.2, 0.25) is 0 Å². The van der Waals surface area contributed by atoms with E-state index in [9.17, 15) is 88.7 Å². The SMILES string of the molecule is C.CC(C)(C)c1ccc([S+](c2ccc(C(C)(C)C)cc2)c2ccccc2C(=O)[O-])cc1.CC(CCC(=O)NCCC[N+](C)(C)CS(=O)(=O)[O-])C1CCC2C3C(O)CC4CC(O)CCC4(C)C3CC(O)C12C.CCCCCCCCCCCC[N+](C)(C)CCCS(=O)(=O)[O-].C[N+](C)(C)CC(=O)[O-].O=C([O-])c1ccccc1[I+]c1ccccc1.O=S(=O)([O-])c1ccccc1[S+](c1ccccc1)c1ccccc1. The van der Waals surface area contributed by atoms with Crippen LogP contribution in [0.25, 0.3) is 0 Å². The van der Waals surface area contributed by atoms with Crippen LogP contribution in [0.15, 0.2) is 247 Å². The lowest BCUT2D eigenvalue weighted by Crippen LogP contribution is -3.61. The number of likely N-dealkylation sites (N-methyl/N-ethyl adjacent to an activating group) is 1. The Morgan fingerprint density at radius 2 is 0.957 bits per heavy atom. The predicted molar refractivity (Wildman–Crippen MR) is 546 cm³/mol. The number of carbonyl (C=O) groups excluding carboxylic acids is 4. The van der Waals surface area contributed by atoms with Gasteiger partial charge in [-0.3, -0.25) is 4.79 Å². The van der Waals surface area contributed by atoms with E-state index in [1.54, 1.807) is 77.7 Å². The molecule has 11 atom stereocenters. The number of quaternary nitrogens is 3. The number of benzene rings is 8. The van der Waals surface area contributed by atoms with Gasteiger partial charge in [0.2, 0.25) is 9.48 Å². The zero-order valence-electron chi connectivity index (χ0n) is 84.8. The number of nitrogens with zero attached hydrogens (tertiary/aromatic N) is 3. The summed E-state index contributed by atoms with van der Waals surface area (Å²) in [5.74, 6) is -2.37. The number of aliphatic hydroxyl groups is 3. The summed E-state index contributed by atoms with van der Waals surface area (Å²) in [6.07, 6.45) is 20.4. The first-order chi connectivity index (χ1) is 65.0. The molecule has 23 nitrogen and oxygen atoms in total. The number of carbonyl (C=O) groups is 4. The summed E-state index contributed by atoms with van der Waals surface area (Å²) >= 11 is -0.447. The number of amides is 1. The Morgan fingerprint density at radius 1 is 0.507 bits per heavy atom. The van der Waals surface area contributed by atoms with Crippen LogP contribution < -0.4 is 41.8 Å². The zero-order chi connectivity index (χ0) is 103. The number of rotatable bonds is 38. The third kappa shape index (κ3) is 38.8. The zero-order valence-corrected chi connectivity index (χ0v) is 91.1. The highest BCUT2D eigenvalue weighted by Crippen LogP contribution is 2.68. The maximum absolute atomic E-state index is 12.6. The van der Waals surface area contributed by atoms with Crippen LogP contribution in [0.5, 0.6) is 0 Å². The van der Waals surface area contributed by atoms with Gasteiger partial charge in [0.05, 0.1) is 137 Å². The highest BCUT2D eigenvalue weighted by atomic mass is 127. The molecule has 8 aromatic carbocycles. The van der Waals surface area contributed by atoms with Crippen molar-refractivity contribution in [2.75, 3.05) is 93.7 Å². The monoisotopic (exact) mass is 2140 g/mol. The summed E-state index contributed by atoms with van der Waals surface area (Å²) in [5, 5.41) is 69.1. The van der Waals surface area contributed by atoms with E-state index < -0.39 is 103 Å². The molecule has 8 aromatic rings. The Morgan fingerprint density at radius 3 is 1.44 bits per heavy atom. The highest BCUT2D eigenvalue weighted by Gasteiger charge is 2.66. The molecule has 11 unspecified atom stereocenters. The molecule has 4 N–H and O–H groups in total. The van der Waals surface area contributed by atoms with Gasteiger partial charge in [0, 0.05) is 31.6 Å². The van der Waals surface area contributed by atoms with Gasteiger partial charge in [-0.15, -0.1) is 0 Å². The Balaban J connectivity index is 0.000000270. The third-order valence-corrected chi connectivity index (χ3v) is 37.8. The third-order valence-electron chi connectivity index (χ3n) is 27.6. The molecule has 774 valence electrons. The average Bonchev–Trinajstić information content (AvgIpc) is 1.55. The number of unbranched alkanes of at least 4 members (excludes halogenated alkanes) is 9. The van der Waals surface area contributed by atoms with Crippen LogP contribution in [0.3, 0.4) is 0 Å². The van der Waals surface area contributed by atoms with E-state index in [1.165, 1.54) is 85.0 Å². The number of aromatic carboxylic acids is 2. The second-order valence-electron chi connectivity index (χ2n) is 42.7. The van der Waals surface area contributed by atoms with Crippen molar-refractivity contribution in [1.29, 1.82) is 0 Å². The van der Waals surface area contributed by atoms with Crippen LogP contribution in [-0.4, -0.2) is 203 Å². The van der Waals surface area contributed by atoms with Gasteiger partial charge in [0.1, 0.15) is 42.6 Å². The molecule has 0 aliphatic heterocycles. The summed E-state index contributed by atoms with van der Waals surface area (Å²) < 4.78 is 103. The Bertz CT molecular complexity index is 5410. The minimum atomic E-state index is -4.54. The summed E-state index contributed by atoms with van der Waals surface area (Å²) in [5.41, 5.74) is 2.99. The molecule has 0 bridgehead atoms. The topological polar surface area (TPSA) is 382 Å². The van der Waals surface area contributed by atoms with Crippen LogP contribution in [0.4, 0.5) is 0 Å². The van der Waals surface area contributed by atoms with Crippen LogP contribution in [0, 0.1) is 53.5 Å². The molecule has 0 aromatic heterocycles. The summed E-state index contributed by atoms with van der Waals surface area (Å²) in [6, 6.07) is 67.0. The molecule has 12 rings (SSSR count). The molecule has 4 aliphatic carbocycles. The number of hydrogen-bond acceptors (Lipinski definition) is 19. The van der Waals surface area contributed by atoms with Crippen molar-refractivity contribution in [3.05, 3.63) is 242 Å². The molecule has 140 heavy (non-hydrogen) atoms. The van der Waals surface area contributed by atoms with Crippen LogP contribution in [-0.2, 0) is 72.6 Å². The van der Waals surface area contributed by atoms with Gasteiger partial charge in [-0.05, 0) is 230 Å². The first kappa shape index (κ1) is 121. The fourth-order valence-corrected chi connectivity index (χ4v) is 29.6. The maximum atomic E-state index is 12.6. The van der Waals surface area contributed by atoms with Crippen molar-refractivity contribution in [1.82, 2.24) is 5.32 Å². The van der Waals surface area contributed by atoms with Gasteiger partial charge in [-0.1, -0.05) is 243 Å². The van der Waals surface area contributed by atoms with E-state index in [0.717, 1.165) is 90.6 Å². The number of carboxylic acids is 3. The lowest BCUT2D eigenvalue weighted by molar-refractivity contribution is -0.890. The Kier molecular flexibility index (Phi) is 47.8. The first-order valence-corrected chi connectivity index (χ1v) is 58.1. The largest absolute Gasteiger partial charge is 0.748 e. The lowest BCUT2D eigenvalue weighted by atomic mass is 9.43. The van der Waals surface area contributed by atoms with Gasteiger partial charge in [0.15, 0.2) is 38.8 Å². The smallest absolute Gasteiger partial charge is 0.358 e. The van der Waals surface area contributed by atoms with E-state index in [2.05, 4.69) is 137 Å². The normalized spacial score (nSPS) is 20.4. The van der Waals surface area contributed by atoms with E-state index >= 15 is 0 Å². The lowest BCUT2D eigenvalue weighted by Gasteiger charge is -2.63. The van der Waals surface area contributed by atoms with Crippen molar-refractivity contribution < 1.29 is 123 Å². The minimum absolute atomic E-state index is 0. The van der Waals surface area contributed by atoms with Gasteiger partial charge in [-0.25, -0.2) is 25.3 Å². The number of nitrogens with one attached hydrogen (secondary N) is 1. The molecule has 1 amide bonds. The van der Waals surface area contributed by atoms with Crippen molar-refractivity contribution in [2.45, 2.75) is 275 Å². The minimum Gasteiger partial charge on any atom is -0.748 e. The molecule has 4 saturated carbocycles. The molecule has 0 heterocycles. The highest BCUT2D eigenvalue weighted by molar-refractivity contribution is 7.98. The molecular weight excluding hydrogens is 1980 g/mol. The molecule has 0 saturated heterocycles. The molecule has 4 fully saturated rings. The van der Waals surface area contributed by atoms with Crippen LogP contribution >= 0.6 is 0 Å². The van der Waals surface area contributed by atoms with E-state index in [4.69, 9.17) is 0 Å². The van der Waals surface area contributed by atoms with Crippen molar-refractivity contribution in [3.63, 3.8) is 0 Å². The summed E-state index contributed by atoms with van der Waals surface area (Å²) in [4.78, 5) is 50.5. The maximum Gasteiger partial charge on any atom is 0.358 e. The van der Waals surface area contributed by atoms with Crippen LogP contribution in [0.1, 0.15) is 243 Å². The fraction of sp³-hybridized carbons (Fsp3) is 0.532. The van der Waals surface area contributed by atoms with Gasteiger partial charge >= 0.3 is 21.2 Å². The van der Waals surface area contributed by atoms with Crippen molar-refractivity contribution in [3.8, 4) is 0 Å².